The van der Waals surface area contributed by atoms with E-state index in [4.69, 9.17) is 4.74 Å². The number of aliphatic hydroxyl groups excluding tert-OH is 1. The van der Waals surface area contributed by atoms with Gasteiger partial charge < -0.3 is 19.6 Å². The van der Waals surface area contributed by atoms with E-state index in [1.165, 1.54) is 0 Å². The van der Waals surface area contributed by atoms with Crippen LogP contribution < -0.4 is 14.5 Å². The van der Waals surface area contributed by atoms with Crippen molar-refractivity contribution in [2.24, 2.45) is 5.92 Å². The maximum Gasteiger partial charge on any atom is 0.233 e. The summed E-state index contributed by atoms with van der Waals surface area (Å²) in [7, 11) is 0. The Bertz CT molecular complexity index is 1040. The van der Waals surface area contributed by atoms with Crippen LogP contribution in [-0.2, 0) is 0 Å². The van der Waals surface area contributed by atoms with Crippen molar-refractivity contribution in [3.63, 3.8) is 0 Å². The van der Waals surface area contributed by atoms with Crippen LogP contribution >= 0.6 is 15.9 Å². The highest BCUT2D eigenvalue weighted by Crippen LogP contribution is 2.29. The predicted molar refractivity (Wildman–Crippen MR) is 118 cm³/mol. The standard InChI is InChI=1S/C21H23BrN6O2/c22-17-10-24-21(27-7-5-14(13-29)6-8-27)26-19(17)30-16-11-28(12-16)20-23-9-15-3-1-2-4-18(15)25-20/h1-4,9-10,14,16,29H,5-8,11-13H2. The number of rotatable bonds is 5. The first-order chi connectivity index (χ1) is 14.7. The van der Waals surface area contributed by atoms with Gasteiger partial charge in [0, 0.05) is 31.3 Å². The van der Waals surface area contributed by atoms with E-state index in [9.17, 15) is 5.11 Å². The molecule has 0 saturated carbocycles. The number of halogens is 1. The number of benzene rings is 1. The van der Waals surface area contributed by atoms with Gasteiger partial charge in [-0.25, -0.2) is 15.0 Å². The van der Waals surface area contributed by atoms with Gasteiger partial charge in [0.25, 0.3) is 0 Å². The molecule has 156 valence electrons. The summed E-state index contributed by atoms with van der Waals surface area (Å²) in [5, 5.41) is 10.4. The molecule has 1 aromatic carbocycles. The molecule has 2 saturated heterocycles. The smallest absolute Gasteiger partial charge is 0.233 e. The van der Waals surface area contributed by atoms with Crippen molar-refractivity contribution in [3.8, 4) is 5.88 Å². The Hall–Kier alpha value is -2.52. The van der Waals surface area contributed by atoms with Gasteiger partial charge in [-0.05, 0) is 40.8 Å². The SMILES string of the molecule is OCC1CCN(c2ncc(Br)c(OC3CN(c4ncc5ccccc5n4)C3)n2)CC1. The second kappa shape index (κ2) is 8.31. The van der Waals surface area contributed by atoms with Crippen LogP contribution in [0, 0.1) is 5.92 Å². The summed E-state index contributed by atoms with van der Waals surface area (Å²) >= 11 is 3.50. The molecule has 0 radical (unpaired) electrons. The van der Waals surface area contributed by atoms with Crippen LogP contribution in [0.4, 0.5) is 11.9 Å². The van der Waals surface area contributed by atoms with Crippen LogP contribution in [0.2, 0.25) is 0 Å². The number of nitrogens with zero attached hydrogens (tertiary/aromatic N) is 6. The van der Waals surface area contributed by atoms with Crippen LogP contribution in [0.5, 0.6) is 5.88 Å². The Morgan fingerprint density at radius 2 is 1.73 bits per heavy atom. The molecule has 2 fully saturated rings. The molecule has 5 rings (SSSR count). The van der Waals surface area contributed by atoms with Crippen molar-refractivity contribution >= 4 is 38.7 Å². The predicted octanol–water partition coefficient (Wildman–Crippen LogP) is 2.66. The monoisotopic (exact) mass is 470 g/mol. The van der Waals surface area contributed by atoms with Gasteiger partial charge in [-0.2, -0.15) is 4.98 Å². The highest BCUT2D eigenvalue weighted by molar-refractivity contribution is 9.10. The van der Waals surface area contributed by atoms with Crippen LogP contribution in [0.15, 0.2) is 41.1 Å². The minimum absolute atomic E-state index is 0.0271. The third-order valence-electron chi connectivity index (χ3n) is 5.74. The van der Waals surface area contributed by atoms with E-state index in [0.717, 1.165) is 47.3 Å². The minimum atomic E-state index is 0.0271. The fourth-order valence-electron chi connectivity index (χ4n) is 3.84. The first kappa shape index (κ1) is 19.4. The topological polar surface area (TPSA) is 87.5 Å². The van der Waals surface area contributed by atoms with Gasteiger partial charge in [-0.3, -0.25) is 0 Å². The average molecular weight is 471 g/mol. The first-order valence-electron chi connectivity index (χ1n) is 10.2. The van der Waals surface area contributed by atoms with Crippen LogP contribution in [-0.4, -0.2) is 63.9 Å². The number of hydrogen-bond donors (Lipinski definition) is 1. The molecule has 4 heterocycles. The van der Waals surface area contributed by atoms with Gasteiger partial charge in [-0.1, -0.05) is 18.2 Å². The molecule has 0 amide bonds. The normalized spacial score (nSPS) is 17.9. The lowest BCUT2D eigenvalue weighted by molar-refractivity contribution is 0.157. The molecule has 0 bridgehead atoms. The quantitative estimate of drug-likeness (QED) is 0.608. The molecule has 2 aliphatic rings. The molecule has 0 atom stereocenters. The van der Waals surface area contributed by atoms with E-state index in [2.05, 4.69) is 45.7 Å². The summed E-state index contributed by atoms with van der Waals surface area (Å²) in [6, 6.07) is 7.98. The molecule has 8 nitrogen and oxygen atoms in total. The van der Waals surface area contributed by atoms with E-state index >= 15 is 0 Å². The molecule has 1 N–H and O–H groups in total. The lowest BCUT2D eigenvalue weighted by Gasteiger charge is -2.38. The maximum atomic E-state index is 9.33. The molecule has 2 aromatic heterocycles. The maximum absolute atomic E-state index is 9.33. The zero-order valence-electron chi connectivity index (χ0n) is 16.5. The molecule has 9 heteroatoms. The molecule has 3 aromatic rings. The van der Waals surface area contributed by atoms with Crippen molar-refractivity contribution in [1.29, 1.82) is 0 Å². The zero-order valence-corrected chi connectivity index (χ0v) is 18.1. The van der Waals surface area contributed by atoms with Crippen LogP contribution in [0.3, 0.4) is 0 Å². The molecule has 30 heavy (non-hydrogen) atoms. The minimum Gasteiger partial charge on any atom is -0.470 e. The number of aromatic nitrogens is 4. The van der Waals surface area contributed by atoms with Gasteiger partial charge in [0.15, 0.2) is 0 Å². The Labute approximate surface area is 183 Å². The van der Waals surface area contributed by atoms with Crippen LogP contribution in [0.1, 0.15) is 12.8 Å². The summed E-state index contributed by atoms with van der Waals surface area (Å²) in [6.07, 6.45) is 5.54. The van der Waals surface area contributed by atoms with Gasteiger partial charge >= 0.3 is 0 Å². The Morgan fingerprint density at radius 3 is 2.53 bits per heavy atom. The zero-order chi connectivity index (χ0) is 20.5. The van der Waals surface area contributed by atoms with E-state index in [1.54, 1.807) is 6.20 Å². The van der Waals surface area contributed by atoms with Crippen LogP contribution in [0.25, 0.3) is 10.9 Å². The third-order valence-corrected chi connectivity index (χ3v) is 6.28. The number of hydrogen-bond acceptors (Lipinski definition) is 8. The van der Waals surface area contributed by atoms with Crippen molar-refractivity contribution < 1.29 is 9.84 Å². The fourth-order valence-corrected chi connectivity index (χ4v) is 4.13. The lowest BCUT2D eigenvalue weighted by Crippen LogP contribution is -2.54. The summed E-state index contributed by atoms with van der Waals surface area (Å²) < 4.78 is 6.88. The van der Waals surface area contributed by atoms with Gasteiger partial charge in [0.2, 0.25) is 17.8 Å². The molecule has 0 unspecified atom stereocenters. The van der Waals surface area contributed by atoms with Gasteiger partial charge in [-0.15, -0.1) is 0 Å². The number of piperidine rings is 1. The van der Waals surface area contributed by atoms with Crippen molar-refractivity contribution in [3.05, 3.63) is 41.1 Å². The average Bonchev–Trinajstić information content (AvgIpc) is 2.77. The highest BCUT2D eigenvalue weighted by Gasteiger charge is 2.32. The van der Waals surface area contributed by atoms with Crippen molar-refractivity contribution in [2.45, 2.75) is 18.9 Å². The lowest BCUT2D eigenvalue weighted by atomic mass is 9.98. The first-order valence-corrected chi connectivity index (χ1v) is 11.0. The Balaban J connectivity index is 1.22. The second-order valence-corrected chi connectivity index (χ2v) is 8.66. The highest BCUT2D eigenvalue weighted by atomic mass is 79.9. The number of fused-ring (bicyclic) bond motifs is 1. The Kier molecular flexibility index (Phi) is 5.39. The van der Waals surface area contributed by atoms with Gasteiger partial charge in [0.1, 0.15) is 6.10 Å². The summed E-state index contributed by atoms with van der Waals surface area (Å²) in [6.45, 7) is 3.38. The molecular weight excluding hydrogens is 448 g/mol. The van der Waals surface area contributed by atoms with E-state index in [-0.39, 0.29) is 12.7 Å². The molecule has 0 spiro atoms. The van der Waals surface area contributed by atoms with E-state index in [1.807, 2.05) is 30.5 Å². The second-order valence-electron chi connectivity index (χ2n) is 7.81. The number of ether oxygens (including phenoxy) is 1. The van der Waals surface area contributed by atoms with E-state index < -0.39 is 0 Å². The molecular formula is C21H23BrN6O2. The fraction of sp³-hybridized carbons (Fsp3) is 0.429. The number of aliphatic hydroxyl groups is 1. The molecule has 0 aliphatic carbocycles. The Morgan fingerprint density at radius 1 is 1.00 bits per heavy atom. The summed E-state index contributed by atoms with van der Waals surface area (Å²) in [4.78, 5) is 22.5. The number of para-hydroxylation sites is 1. The summed E-state index contributed by atoms with van der Waals surface area (Å²) in [5.41, 5.74) is 0.944. The van der Waals surface area contributed by atoms with E-state index in [0.29, 0.717) is 30.8 Å². The van der Waals surface area contributed by atoms with Crippen molar-refractivity contribution in [1.82, 2.24) is 19.9 Å². The third kappa shape index (κ3) is 3.91. The van der Waals surface area contributed by atoms with Crippen molar-refractivity contribution in [2.75, 3.05) is 42.6 Å². The number of anilines is 2. The largest absolute Gasteiger partial charge is 0.470 e. The van der Waals surface area contributed by atoms with Gasteiger partial charge in [0.05, 0.1) is 29.3 Å². The summed E-state index contributed by atoms with van der Waals surface area (Å²) in [5.74, 6) is 2.35. The molecule has 2 aliphatic heterocycles.